The SMILES string of the molecule is CCc1cccc(OCCN2C(=O)NC(C)(c3ccc(OC(F)F)cc3)C2=O)c1. The summed E-state index contributed by atoms with van der Waals surface area (Å²) in [5, 5.41) is 2.67. The van der Waals surface area contributed by atoms with Gasteiger partial charge >= 0.3 is 12.6 Å². The van der Waals surface area contributed by atoms with Crippen molar-refractivity contribution in [2.24, 2.45) is 0 Å². The lowest BCUT2D eigenvalue weighted by atomic mass is 9.92. The van der Waals surface area contributed by atoms with Crippen molar-refractivity contribution in [3.8, 4) is 11.5 Å². The molecule has 0 bridgehead atoms. The summed E-state index contributed by atoms with van der Waals surface area (Å²) in [7, 11) is 0. The van der Waals surface area contributed by atoms with Crippen LogP contribution in [0.25, 0.3) is 0 Å². The zero-order valence-corrected chi connectivity index (χ0v) is 16.2. The van der Waals surface area contributed by atoms with Crippen LogP contribution in [-0.2, 0) is 16.8 Å². The first kappa shape index (κ1) is 20.6. The molecular formula is C21H22F2N2O4. The molecule has 8 heteroatoms. The van der Waals surface area contributed by atoms with E-state index in [9.17, 15) is 18.4 Å². The normalized spacial score (nSPS) is 18.9. The highest BCUT2D eigenvalue weighted by Gasteiger charge is 2.48. The first-order valence-electron chi connectivity index (χ1n) is 9.24. The summed E-state index contributed by atoms with van der Waals surface area (Å²) in [6, 6.07) is 12.7. The number of urea groups is 1. The van der Waals surface area contributed by atoms with Crippen LogP contribution in [0.4, 0.5) is 13.6 Å². The molecule has 29 heavy (non-hydrogen) atoms. The quantitative estimate of drug-likeness (QED) is 0.682. The zero-order chi connectivity index (χ0) is 21.0. The van der Waals surface area contributed by atoms with Gasteiger partial charge in [-0.3, -0.25) is 9.69 Å². The first-order valence-corrected chi connectivity index (χ1v) is 9.24. The molecule has 3 rings (SSSR count). The van der Waals surface area contributed by atoms with Gasteiger partial charge in [-0.15, -0.1) is 0 Å². The van der Waals surface area contributed by atoms with Crippen molar-refractivity contribution in [2.75, 3.05) is 13.2 Å². The van der Waals surface area contributed by atoms with Crippen LogP contribution < -0.4 is 14.8 Å². The summed E-state index contributed by atoms with van der Waals surface area (Å²) >= 11 is 0. The van der Waals surface area contributed by atoms with E-state index in [2.05, 4.69) is 10.1 Å². The monoisotopic (exact) mass is 404 g/mol. The molecule has 0 aromatic heterocycles. The van der Waals surface area contributed by atoms with E-state index in [0.717, 1.165) is 16.9 Å². The van der Waals surface area contributed by atoms with Crippen LogP contribution >= 0.6 is 0 Å². The summed E-state index contributed by atoms with van der Waals surface area (Å²) in [6.07, 6.45) is 0.879. The van der Waals surface area contributed by atoms with Crippen LogP contribution in [0.15, 0.2) is 48.5 Å². The number of hydrogen-bond donors (Lipinski definition) is 1. The van der Waals surface area contributed by atoms with Gasteiger partial charge < -0.3 is 14.8 Å². The van der Waals surface area contributed by atoms with Crippen LogP contribution in [0.5, 0.6) is 11.5 Å². The Morgan fingerprint density at radius 2 is 1.83 bits per heavy atom. The molecule has 1 N–H and O–H groups in total. The number of nitrogens with zero attached hydrogens (tertiary/aromatic N) is 1. The minimum Gasteiger partial charge on any atom is -0.492 e. The number of imide groups is 1. The van der Waals surface area contributed by atoms with Gasteiger partial charge in [-0.25, -0.2) is 4.79 Å². The van der Waals surface area contributed by atoms with Crippen molar-refractivity contribution < 1.29 is 27.8 Å². The smallest absolute Gasteiger partial charge is 0.387 e. The van der Waals surface area contributed by atoms with Gasteiger partial charge in [0.25, 0.3) is 5.91 Å². The Balaban J connectivity index is 1.65. The number of nitrogens with one attached hydrogen (secondary N) is 1. The molecule has 0 saturated carbocycles. The molecule has 1 unspecified atom stereocenters. The van der Waals surface area contributed by atoms with Crippen molar-refractivity contribution in [3.63, 3.8) is 0 Å². The van der Waals surface area contributed by atoms with E-state index < -0.39 is 24.1 Å². The van der Waals surface area contributed by atoms with E-state index in [0.29, 0.717) is 11.3 Å². The van der Waals surface area contributed by atoms with Crippen LogP contribution in [0.2, 0.25) is 0 Å². The summed E-state index contributed by atoms with van der Waals surface area (Å²) in [6.45, 7) is 0.922. The number of carbonyl (C=O) groups is 2. The number of halogens is 2. The highest BCUT2D eigenvalue weighted by Crippen LogP contribution is 2.30. The van der Waals surface area contributed by atoms with Gasteiger partial charge in [0.15, 0.2) is 0 Å². The van der Waals surface area contributed by atoms with Crippen molar-refractivity contribution in [1.82, 2.24) is 10.2 Å². The van der Waals surface area contributed by atoms with Gasteiger partial charge in [-0.1, -0.05) is 31.2 Å². The Morgan fingerprint density at radius 3 is 2.48 bits per heavy atom. The fourth-order valence-corrected chi connectivity index (χ4v) is 3.18. The summed E-state index contributed by atoms with van der Waals surface area (Å²) < 4.78 is 34.6. The largest absolute Gasteiger partial charge is 0.492 e. The molecule has 154 valence electrons. The molecule has 3 amide bonds. The van der Waals surface area contributed by atoms with Crippen LogP contribution in [0, 0.1) is 0 Å². The first-order chi connectivity index (χ1) is 13.8. The van der Waals surface area contributed by atoms with Gasteiger partial charge in [-0.2, -0.15) is 8.78 Å². The number of hydrogen-bond acceptors (Lipinski definition) is 4. The Bertz CT molecular complexity index is 889. The topological polar surface area (TPSA) is 67.9 Å². The van der Waals surface area contributed by atoms with Crippen molar-refractivity contribution >= 4 is 11.9 Å². The second-order valence-electron chi connectivity index (χ2n) is 6.76. The van der Waals surface area contributed by atoms with Gasteiger partial charge in [0.2, 0.25) is 0 Å². The maximum Gasteiger partial charge on any atom is 0.387 e. The van der Waals surface area contributed by atoms with Crippen molar-refractivity contribution in [1.29, 1.82) is 0 Å². The number of alkyl halides is 2. The molecule has 1 aliphatic heterocycles. The van der Waals surface area contributed by atoms with Crippen LogP contribution in [0.3, 0.4) is 0 Å². The Morgan fingerprint density at radius 1 is 1.10 bits per heavy atom. The van der Waals surface area contributed by atoms with Crippen molar-refractivity contribution in [2.45, 2.75) is 32.4 Å². The average molecular weight is 404 g/mol. The maximum absolute atomic E-state index is 12.9. The third-order valence-electron chi connectivity index (χ3n) is 4.82. The zero-order valence-electron chi connectivity index (χ0n) is 16.2. The Labute approximate surface area is 167 Å². The molecule has 0 radical (unpaired) electrons. The number of aryl methyl sites for hydroxylation is 1. The lowest BCUT2D eigenvalue weighted by Crippen LogP contribution is -2.41. The van der Waals surface area contributed by atoms with E-state index in [-0.39, 0.29) is 18.9 Å². The molecule has 6 nitrogen and oxygen atoms in total. The van der Waals surface area contributed by atoms with E-state index in [1.54, 1.807) is 6.92 Å². The fraction of sp³-hybridized carbons (Fsp3) is 0.333. The number of ether oxygens (including phenoxy) is 2. The highest BCUT2D eigenvalue weighted by molar-refractivity contribution is 6.07. The molecule has 0 aliphatic carbocycles. The number of benzene rings is 2. The third-order valence-corrected chi connectivity index (χ3v) is 4.82. The predicted octanol–water partition coefficient (Wildman–Crippen LogP) is 3.70. The van der Waals surface area contributed by atoms with E-state index in [1.165, 1.54) is 24.3 Å². The maximum atomic E-state index is 12.9. The number of rotatable bonds is 8. The predicted molar refractivity (Wildman–Crippen MR) is 102 cm³/mol. The lowest BCUT2D eigenvalue weighted by Gasteiger charge is -2.22. The third kappa shape index (κ3) is 4.47. The summed E-state index contributed by atoms with van der Waals surface area (Å²) in [5.41, 5.74) is 0.309. The molecule has 0 spiro atoms. The van der Waals surface area contributed by atoms with Gasteiger partial charge in [0.1, 0.15) is 23.6 Å². The molecule has 1 fully saturated rings. The molecule has 1 atom stereocenters. The minimum absolute atomic E-state index is 0.0244. The van der Waals surface area contributed by atoms with Gasteiger partial charge in [0, 0.05) is 0 Å². The Hall–Kier alpha value is -3.16. The second-order valence-corrected chi connectivity index (χ2v) is 6.76. The standard InChI is InChI=1S/C21H22F2N2O4/c1-3-14-5-4-6-17(13-14)28-12-11-25-18(26)21(2,24-20(25)27)15-7-9-16(10-8-15)29-19(22)23/h4-10,13,19H,3,11-12H2,1-2H3,(H,24,27). The van der Waals surface area contributed by atoms with Gasteiger partial charge in [-0.05, 0) is 48.7 Å². The Kier molecular flexibility index (Phi) is 6.00. The molecule has 1 aliphatic rings. The average Bonchev–Trinajstić information content (AvgIpc) is 2.92. The molecule has 2 aromatic rings. The molecule has 1 saturated heterocycles. The summed E-state index contributed by atoms with van der Waals surface area (Å²) in [4.78, 5) is 26.3. The summed E-state index contributed by atoms with van der Waals surface area (Å²) in [5.74, 6) is 0.216. The van der Waals surface area contributed by atoms with Crippen molar-refractivity contribution in [3.05, 3.63) is 59.7 Å². The molecular weight excluding hydrogens is 382 g/mol. The molecule has 1 heterocycles. The van der Waals surface area contributed by atoms with Gasteiger partial charge in [0.05, 0.1) is 6.54 Å². The number of carbonyl (C=O) groups excluding carboxylic acids is 2. The second kappa shape index (κ2) is 8.46. The lowest BCUT2D eigenvalue weighted by molar-refractivity contribution is -0.131. The minimum atomic E-state index is -2.93. The fourth-order valence-electron chi connectivity index (χ4n) is 3.18. The molecule has 2 aromatic carbocycles. The van der Waals surface area contributed by atoms with E-state index in [4.69, 9.17) is 4.74 Å². The van der Waals surface area contributed by atoms with E-state index in [1.807, 2.05) is 31.2 Å². The number of amides is 3. The van der Waals surface area contributed by atoms with E-state index >= 15 is 0 Å². The van der Waals surface area contributed by atoms with Crippen LogP contribution in [0.1, 0.15) is 25.0 Å². The van der Waals surface area contributed by atoms with Crippen LogP contribution in [-0.4, -0.2) is 36.6 Å². The highest BCUT2D eigenvalue weighted by atomic mass is 19.3.